The minimum absolute atomic E-state index is 0.0914. The number of rotatable bonds is 9. The van der Waals surface area contributed by atoms with Gasteiger partial charge in [-0.15, -0.1) is 0 Å². The van der Waals surface area contributed by atoms with E-state index in [1.165, 1.54) is 18.2 Å². The van der Waals surface area contributed by atoms with Gasteiger partial charge in [0, 0.05) is 11.3 Å². The summed E-state index contributed by atoms with van der Waals surface area (Å²) < 4.78 is 11.0. The van der Waals surface area contributed by atoms with Crippen LogP contribution in [-0.4, -0.2) is 41.1 Å². The van der Waals surface area contributed by atoms with Crippen LogP contribution < -0.4 is 10.1 Å². The van der Waals surface area contributed by atoms with E-state index in [1.54, 1.807) is 31.2 Å². The molecule has 10 heteroatoms. The van der Waals surface area contributed by atoms with Crippen LogP contribution in [0.3, 0.4) is 0 Å². The summed E-state index contributed by atoms with van der Waals surface area (Å²) in [7, 11) is 0. The Balaban J connectivity index is 1.43. The SMILES string of the molecule is CCOC(=O)c1cc(NC(=O)CN2C(=O)S/C(=C/c3ccccc3OCc3cccc(C)c3)C2=O)ccc1Cl. The number of thioether (sulfide) groups is 1. The van der Waals surface area contributed by atoms with Crippen molar-refractivity contribution in [2.45, 2.75) is 20.5 Å². The van der Waals surface area contributed by atoms with Crippen LogP contribution in [-0.2, 0) is 20.9 Å². The maximum Gasteiger partial charge on any atom is 0.339 e. The Hall–Kier alpha value is -4.08. The van der Waals surface area contributed by atoms with Crippen LogP contribution in [0.5, 0.6) is 5.75 Å². The second-order valence-electron chi connectivity index (χ2n) is 8.55. The number of nitrogens with zero attached hydrogens (tertiary/aromatic N) is 1. The van der Waals surface area contributed by atoms with Gasteiger partial charge in [-0.3, -0.25) is 19.3 Å². The molecule has 3 amide bonds. The molecule has 200 valence electrons. The molecule has 0 aliphatic carbocycles. The summed E-state index contributed by atoms with van der Waals surface area (Å²) >= 11 is 6.81. The van der Waals surface area contributed by atoms with Gasteiger partial charge in [0.1, 0.15) is 18.9 Å². The average Bonchev–Trinajstić information content (AvgIpc) is 3.16. The zero-order valence-electron chi connectivity index (χ0n) is 21.2. The third kappa shape index (κ3) is 7.07. The summed E-state index contributed by atoms with van der Waals surface area (Å²) in [5.41, 5.74) is 3.12. The number of amides is 3. The van der Waals surface area contributed by atoms with Gasteiger partial charge in [-0.05, 0) is 61.5 Å². The molecule has 3 aromatic rings. The van der Waals surface area contributed by atoms with Crippen LogP contribution in [0, 0.1) is 6.92 Å². The average molecular weight is 565 g/mol. The first-order valence-corrected chi connectivity index (χ1v) is 13.2. The van der Waals surface area contributed by atoms with Gasteiger partial charge in [0.15, 0.2) is 0 Å². The molecule has 8 nitrogen and oxygen atoms in total. The highest BCUT2D eigenvalue weighted by atomic mass is 35.5. The number of carbonyl (C=O) groups is 4. The monoisotopic (exact) mass is 564 g/mol. The summed E-state index contributed by atoms with van der Waals surface area (Å²) in [6.07, 6.45) is 1.58. The normalized spacial score (nSPS) is 14.0. The van der Waals surface area contributed by atoms with Crippen LogP contribution >= 0.6 is 23.4 Å². The fourth-order valence-electron chi connectivity index (χ4n) is 3.78. The number of hydrogen-bond acceptors (Lipinski definition) is 7. The van der Waals surface area contributed by atoms with E-state index >= 15 is 0 Å². The predicted molar refractivity (Wildman–Crippen MR) is 151 cm³/mol. The van der Waals surface area contributed by atoms with Gasteiger partial charge in [0.05, 0.1) is 22.1 Å². The summed E-state index contributed by atoms with van der Waals surface area (Å²) in [5, 5.41) is 2.19. The largest absolute Gasteiger partial charge is 0.488 e. The number of nitrogens with one attached hydrogen (secondary N) is 1. The molecule has 4 rings (SSSR count). The van der Waals surface area contributed by atoms with Crippen molar-refractivity contribution in [2.24, 2.45) is 0 Å². The first-order valence-electron chi connectivity index (χ1n) is 12.0. The number of carbonyl (C=O) groups excluding carboxylic acids is 4. The predicted octanol–water partition coefficient (Wildman–Crippen LogP) is 6.08. The maximum absolute atomic E-state index is 13.0. The molecule has 0 atom stereocenters. The Bertz CT molecular complexity index is 1470. The fraction of sp³-hybridized carbons (Fsp3) is 0.172. The van der Waals surface area contributed by atoms with E-state index in [2.05, 4.69) is 5.32 Å². The molecule has 1 heterocycles. The van der Waals surface area contributed by atoms with Crippen LogP contribution in [0.25, 0.3) is 6.08 Å². The molecule has 39 heavy (non-hydrogen) atoms. The maximum atomic E-state index is 13.0. The van der Waals surface area contributed by atoms with E-state index in [0.29, 0.717) is 17.9 Å². The van der Waals surface area contributed by atoms with Gasteiger partial charge in [0.2, 0.25) is 5.91 Å². The summed E-state index contributed by atoms with van der Waals surface area (Å²) in [6, 6.07) is 19.5. The lowest BCUT2D eigenvalue weighted by atomic mass is 10.1. The number of anilines is 1. The quantitative estimate of drug-likeness (QED) is 0.248. The Morgan fingerprint density at radius 3 is 2.62 bits per heavy atom. The minimum atomic E-state index is -0.627. The third-order valence-electron chi connectivity index (χ3n) is 5.60. The van der Waals surface area contributed by atoms with E-state index in [1.807, 2.05) is 37.3 Å². The number of imide groups is 1. The second-order valence-corrected chi connectivity index (χ2v) is 9.95. The molecule has 1 aliphatic heterocycles. The lowest BCUT2D eigenvalue weighted by molar-refractivity contribution is -0.127. The first-order chi connectivity index (χ1) is 18.7. The van der Waals surface area contributed by atoms with E-state index in [-0.39, 0.29) is 27.8 Å². The molecule has 0 spiro atoms. The molecular weight excluding hydrogens is 540 g/mol. The summed E-state index contributed by atoms with van der Waals surface area (Å²) in [5.74, 6) is -1.27. The van der Waals surface area contributed by atoms with Crippen molar-refractivity contribution >= 4 is 58.1 Å². The molecule has 0 unspecified atom stereocenters. The number of halogens is 1. The molecule has 1 fully saturated rings. The number of hydrogen-bond donors (Lipinski definition) is 1. The number of ether oxygens (including phenoxy) is 2. The van der Waals surface area contributed by atoms with Crippen molar-refractivity contribution < 1.29 is 28.7 Å². The van der Waals surface area contributed by atoms with Crippen LogP contribution in [0.4, 0.5) is 10.5 Å². The van der Waals surface area contributed by atoms with Gasteiger partial charge >= 0.3 is 5.97 Å². The van der Waals surface area contributed by atoms with Gasteiger partial charge in [0.25, 0.3) is 11.1 Å². The van der Waals surface area contributed by atoms with Crippen molar-refractivity contribution in [2.75, 3.05) is 18.5 Å². The highest BCUT2D eigenvalue weighted by Gasteiger charge is 2.36. The van der Waals surface area contributed by atoms with Crippen LogP contribution in [0.1, 0.15) is 34.0 Å². The Kier molecular flexibility index (Phi) is 9.06. The lowest BCUT2D eigenvalue weighted by Gasteiger charge is -2.13. The van der Waals surface area contributed by atoms with E-state index < -0.39 is 29.6 Å². The van der Waals surface area contributed by atoms with E-state index in [4.69, 9.17) is 21.1 Å². The molecule has 3 aromatic carbocycles. The van der Waals surface area contributed by atoms with E-state index in [0.717, 1.165) is 27.8 Å². The smallest absolute Gasteiger partial charge is 0.339 e. The van der Waals surface area contributed by atoms with Gasteiger partial charge < -0.3 is 14.8 Å². The molecule has 0 bridgehead atoms. The number of para-hydroxylation sites is 1. The molecule has 1 aliphatic rings. The van der Waals surface area contributed by atoms with Gasteiger partial charge in [-0.25, -0.2) is 4.79 Å². The molecule has 1 saturated heterocycles. The summed E-state index contributed by atoms with van der Waals surface area (Å²) in [6.45, 7) is 3.69. The van der Waals surface area contributed by atoms with E-state index in [9.17, 15) is 19.2 Å². The zero-order valence-corrected chi connectivity index (χ0v) is 22.8. The molecule has 0 radical (unpaired) electrons. The first kappa shape index (κ1) is 27.9. The Morgan fingerprint density at radius 2 is 1.85 bits per heavy atom. The zero-order chi connectivity index (χ0) is 27.9. The second kappa shape index (κ2) is 12.6. The standard InChI is InChI=1S/C29H25ClN2O6S/c1-3-37-28(35)22-15-21(11-12-23(22)30)31-26(33)16-32-27(34)25(39-29(32)36)14-20-9-4-5-10-24(20)38-17-19-8-6-7-18(2)13-19/h4-15H,3,16-17H2,1-2H3,(H,31,33)/b25-14+. The molecule has 1 N–H and O–H groups in total. The van der Waals surface area contributed by atoms with Crippen molar-refractivity contribution in [3.05, 3.63) is 98.9 Å². The lowest BCUT2D eigenvalue weighted by Crippen LogP contribution is -2.36. The van der Waals surface area contributed by atoms with Crippen molar-refractivity contribution in [1.82, 2.24) is 4.90 Å². The van der Waals surface area contributed by atoms with Crippen molar-refractivity contribution in [1.29, 1.82) is 0 Å². The van der Waals surface area contributed by atoms with Crippen LogP contribution in [0.2, 0.25) is 5.02 Å². The van der Waals surface area contributed by atoms with Crippen molar-refractivity contribution in [3.8, 4) is 5.75 Å². The van der Waals surface area contributed by atoms with Crippen molar-refractivity contribution in [3.63, 3.8) is 0 Å². The Morgan fingerprint density at radius 1 is 1.05 bits per heavy atom. The summed E-state index contributed by atoms with van der Waals surface area (Å²) in [4.78, 5) is 51.4. The number of aryl methyl sites for hydroxylation is 1. The highest BCUT2D eigenvalue weighted by Crippen LogP contribution is 2.34. The molecule has 0 aromatic heterocycles. The number of esters is 1. The minimum Gasteiger partial charge on any atom is -0.488 e. The van der Waals surface area contributed by atoms with Gasteiger partial charge in [-0.1, -0.05) is 59.6 Å². The Labute approximate surface area is 234 Å². The molecule has 0 saturated carbocycles. The fourth-order valence-corrected chi connectivity index (χ4v) is 4.81. The third-order valence-corrected chi connectivity index (χ3v) is 6.84. The van der Waals surface area contributed by atoms with Crippen LogP contribution in [0.15, 0.2) is 71.6 Å². The van der Waals surface area contributed by atoms with Gasteiger partial charge in [-0.2, -0.15) is 0 Å². The number of benzene rings is 3. The highest BCUT2D eigenvalue weighted by molar-refractivity contribution is 8.18. The molecular formula is C29H25ClN2O6S. The topological polar surface area (TPSA) is 102 Å².